The molecule has 15 heavy (non-hydrogen) atoms. The van der Waals surface area contributed by atoms with Crippen molar-refractivity contribution in [2.45, 2.75) is 46.1 Å². The number of ether oxygens (including phenoxy) is 1. The minimum absolute atomic E-state index is 0.0539. The van der Waals surface area contributed by atoms with Crippen LogP contribution in [0.25, 0.3) is 0 Å². The summed E-state index contributed by atoms with van der Waals surface area (Å²) in [7, 11) is 0. The summed E-state index contributed by atoms with van der Waals surface area (Å²) in [5.41, 5.74) is 0.833. The van der Waals surface area contributed by atoms with Gasteiger partial charge in [-0.25, -0.2) is 4.98 Å². The van der Waals surface area contributed by atoms with Crippen LogP contribution in [0.1, 0.15) is 40.3 Å². The Morgan fingerprint density at radius 2 is 1.87 bits per heavy atom. The van der Waals surface area contributed by atoms with Crippen molar-refractivity contribution in [3.05, 3.63) is 17.0 Å². The van der Waals surface area contributed by atoms with E-state index in [-0.39, 0.29) is 16.8 Å². The Morgan fingerprint density at radius 3 is 2.33 bits per heavy atom. The van der Waals surface area contributed by atoms with Crippen LogP contribution in [0.5, 0.6) is 5.88 Å². The zero-order chi connectivity index (χ0) is 11.6. The third kappa shape index (κ3) is 3.67. The van der Waals surface area contributed by atoms with E-state index < -0.39 is 0 Å². The summed E-state index contributed by atoms with van der Waals surface area (Å²) in [6, 6.07) is 1.84. The van der Waals surface area contributed by atoms with Gasteiger partial charge in [0.25, 0.3) is 0 Å². The molecule has 3 nitrogen and oxygen atoms in total. The maximum Gasteiger partial charge on any atom is 0.225 e. The van der Waals surface area contributed by atoms with Gasteiger partial charge in [-0.05, 0) is 25.4 Å². The molecule has 84 valence electrons. The van der Waals surface area contributed by atoms with Gasteiger partial charge in [-0.15, -0.1) is 0 Å². The predicted molar refractivity (Wildman–Crippen MR) is 61.5 cm³/mol. The van der Waals surface area contributed by atoms with Crippen LogP contribution in [0, 0.1) is 0 Å². The molecule has 0 aromatic carbocycles. The Labute approximate surface area is 95.8 Å². The molecule has 1 aromatic rings. The highest BCUT2D eigenvalue weighted by atomic mass is 35.5. The molecular weight excluding hydrogens is 212 g/mol. The zero-order valence-electron chi connectivity index (χ0n) is 9.84. The third-order valence-corrected chi connectivity index (χ3v) is 1.97. The lowest BCUT2D eigenvalue weighted by Crippen LogP contribution is -2.15. The van der Waals surface area contributed by atoms with Crippen LogP contribution in [0.2, 0.25) is 5.28 Å². The van der Waals surface area contributed by atoms with E-state index in [4.69, 9.17) is 16.3 Å². The molecule has 0 amide bonds. The highest BCUT2D eigenvalue weighted by molar-refractivity contribution is 6.28. The second-order valence-corrected chi connectivity index (χ2v) is 5.12. The van der Waals surface area contributed by atoms with E-state index in [1.54, 1.807) is 0 Å². The average Bonchev–Trinajstić information content (AvgIpc) is 1.99. The molecule has 1 aromatic heterocycles. The van der Waals surface area contributed by atoms with Gasteiger partial charge in [0.15, 0.2) is 0 Å². The first kappa shape index (κ1) is 12.2. The molecule has 0 spiro atoms. The van der Waals surface area contributed by atoms with Crippen LogP contribution in [-0.2, 0) is 5.41 Å². The van der Waals surface area contributed by atoms with E-state index in [1.165, 1.54) is 0 Å². The van der Waals surface area contributed by atoms with Gasteiger partial charge in [0.2, 0.25) is 11.2 Å². The maximum atomic E-state index is 5.84. The van der Waals surface area contributed by atoms with Crippen LogP contribution in [0.4, 0.5) is 0 Å². The predicted octanol–water partition coefficient (Wildman–Crippen LogP) is 3.21. The van der Waals surface area contributed by atoms with E-state index in [0.717, 1.165) is 5.69 Å². The topological polar surface area (TPSA) is 35.0 Å². The molecule has 0 aliphatic rings. The summed E-state index contributed by atoms with van der Waals surface area (Å²) in [6.45, 7) is 10.1. The Balaban J connectivity index is 3.06. The molecule has 0 saturated heterocycles. The van der Waals surface area contributed by atoms with Crippen LogP contribution in [-0.4, -0.2) is 16.1 Å². The second-order valence-electron chi connectivity index (χ2n) is 4.78. The van der Waals surface area contributed by atoms with Gasteiger partial charge in [0.05, 0.1) is 11.8 Å². The van der Waals surface area contributed by atoms with Crippen molar-refractivity contribution in [2.24, 2.45) is 0 Å². The van der Waals surface area contributed by atoms with E-state index in [9.17, 15) is 0 Å². The minimum Gasteiger partial charge on any atom is -0.475 e. The summed E-state index contributed by atoms with van der Waals surface area (Å²) < 4.78 is 5.50. The van der Waals surface area contributed by atoms with Crippen molar-refractivity contribution in [1.29, 1.82) is 0 Å². The fourth-order valence-electron chi connectivity index (χ4n) is 1.08. The third-order valence-electron chi connectivity index (χ3n) is 1.80. The highest BCUT2D eigenvalue weighted by Gasteiger charge is 2.18. The Morgan fingerprint density at radius 1 is 1.27 bits per heavy atom. The lowest BCUT2D eigenvalue weighted by molar-refractivity contribution is 0.231. The number of nitrogens with zero attached hydrogens (tertiary/aromatic N) is 2. The van der Waals surface area contributed by atoms with Gasteiger partial charge in [-0.2, -0.15) is 4.98 Å². The molecule has 1 rings (SSSR count). The minimum atomic E-state index is -0.0539. The van der Waals surface area contributed by atoms with Gasteiger partial charge in [-0.3, -0.25) is 0 Å². The summed E-state index contributed by atoms with van der Waals surface area (Å²) in [6.07, 6.45) is 0.0868. The van der Waals surface area contributed by atoms with E-state index >= 15 is 0 Å². The van der Waals surface area contributed by atoms with Crippen molar-refractivity contribution in [2.75, 3.05) is 0 Å². The van der Waals surface area contributed by atoms with Crippen molar-refractivity contribution in [3.8, 4) is 5.88 Å². The van der Waals surface area contributed by atoms with Gasteiger partial charge >= 0.3 is 0 Å². The molecule has 4 heteroatoms. The SMILES string of the molecule is CC(C)Oc1cc(C(C)(C)C)nc(Cl)n1. The molecule has 0 aliphatic carbocycles. The van der Waals surface area contributed by atoms with Crippen LogP contribution in [0.3, 0.4) is 0 Å². The fraction of sp³-hybridized carbons (Fsp3) is 0.636. The van der Waals surface area contributed by atoms with Gasteiger partial charge in [-0.1, -0.05) is 20.8 Å². The largest absolute Gasteiger partial charge is 0.475 e. The first-order chi connectivity index (χ1) is 6.79. The maximum absolute atomic E-state index is 5.84. The normalized spacial score (nSPS) is 11.9. The van der Waals surface area contributed by atoms with E-state index in [0.29, 0.717) is 5.88 Å². The molecule has 0 unspecified atom stereocenters. The monoisotopic (exact) mass is 228 g/mol. The number of hydrogen-bond donors (Lipinski definition) is 0. The van der Waals surface area contributed by atoms with E-state index in [1.807, 2.05) is 19.9 Å². The number of hydrogen-bond acceptors (Lipinski definition) is 3. The van der Waals surface area contributed by atoms with Crippen LogP contribution in [0.15, 0.2) is 6.07 Å². The molecule has 0 fully saturated rings. The summed E-state index contributed by atoms with van der Waals surface area (Å²) >= 11 is 5.84. The molecular formula is C11H17ClN2O. The van der Waals surface area contributed by atoms with Crippen molar-refractivity contribution < 1.29 is 4.74 Å². The molecule has 1 heterocycles. The van der Waals surface area contributed by atoms with E-state index in [2.05, 4.69) is 30.7 Å². The van der Waals surface area contributed by atoms with Crippen molar-refractivity contribution in [3.63, 3.8) is 0 Å². The number of halogens is 1. The standard InChI is InChI=1S/C11H17ClN2O/c1-7(2)15-9-6-8(11(3,4)5)13-10(12)14-9/h6-7H,1-5H3. The van der Waals surface area contributed by atoms with Crippen LogP contribution >= 0.6 is 11.6 Å². The first-order valence-corrected chi connectivity index (χ1v) is 5.38. The summed E-state index contributed by atoms with van der Waals surface area (Å²) in [5.74, 6) is 0.537. The zero-order valence-corrected chi connectivity index (χ0v) is 10.6. The summed E-state index contributed by atoms with van der Waals surface area (Å²) in [4.78, 5) is 8.21. The van der Waals surface area contributed by atoms with Crippen molar-refractivity contribution >= 4 is 11.6 Å². The molecule has 0 N–H and O–H groups in total. The Bertz CT molecular complexity index is 345. The average molecular weight is 229 g/mol. The quantitative estimate of drug-likeness (QED) is 0.729. The first-order valence-electron chi connectivity index (χ1n) is 5.01. The number of rotatable bonds is 2. The number of aromatic nitrogens is 2. The smallest absolute Gasteiger partial charge is 0.225 e. The Kier molecular flexibility index (Phi) is 3.55. The van der Waals surface area contributed by atoms with Crippen LogP contribution < -0.4 is 4.74 Å². The highest BCUT2D eigenvalue weighted by Crippen LogP contribution is 2.24. The molecule has 0 aliphatic heterocycles. The Hall–Kier alpha value is -0.830. The molecule has 0 saturated carbocycles. The summed E-state index contributed by atoms with van der Waals surface area (Å²) in [5, 5.41) is 0.234. The van der Waals surface area contributed by atoms with Gasteiger partial charge in [0.1, 0.15) is 0 Å². The molecule has 0 atom stereocenters. The molecule has 0 radical (unpaired) electrons. The molecule has 0 bridgehead atoms. The fourth-order valence-corrected chi connectivity index (χ4v) is 1.26. The van der Waals surface area contributed by atoms with Gasteiger partial charge < -0.3 is 4.74 Å². The van der Waals surface area contributed by atoms with Crippen molar-refractivity contribution in [1.82, 2.24) is 9.97 Å². The lowest BCUT2D eigenvalue weighted by Gasteiger charge is -2.19. The van der Waals surface area contributed by atoms with Gasteiger partial charge in [0, 0.05) is 11.5 Å². The second kappa shape index (κ2) is 4.35. The lowest BCUT2D eigenvalue weighted by atomic mass is 9.92.